The molecule has 0 aliphatic carbocycles. The topological polar surface area (TPSA) is 114 Å². The fraction of sp³-hybridized carbons (Fsp3) is 0.556. The minimum absolute atomic E-state index is 0.0335. The highest BCUT2D eigenvalue weighted by Crippen LogP contribution is 2.30. The van der Waals surface area contributed by atoms with Crippen LogP contribution in [0, 0.1) is 0 Å². The van der Waals surface area contributed by atoms with E-state index in [0.717, 1.165) is 74.5 Å². The van der Waals surface area contributed by atoms with Crippen molar-refractivity contribution in [1.29, 1.82) is 0 Å². The monoisotopic (exact) mass is 520 g/mol. The number of rotatable bonds is 4. The molecular formula is C27H36N8O3. The van der Waals surface area contributed by atoms with Crippen molar-refractivity contribution in [3.8, 4) is 11.3 Å². The molecule has 3 aliphatic heterocycles. The van der Waals surface area contributed by atoms with Gasteiger partial charge in [-0.3, -0.25) is 10.00 Å². The van der Waals surface area contributed by atoms with Crippen LogP contribution < -0.4 is 9.80 Å². The molecule has 0 spiro atoms. The van der Waals surface area contributed by atoms with Crippen LogP contribution in [0.3, 0.4) is 0 Å². The van der Waals surface area contributed by atoms with Crippen molar-refractivity contribution >= 4 is 28.8 Å². The Kier molecular flexibility index (Phi) is 6.79. The number of fused-ring (bicyclic) bond motifs is 1. The average molecular weight is 521 g/mol. The second-order valence-corrected chi connectivity index (χ2v) is 10.7. The van der Waals surface area contributed by atoms with Gasteiger partial charge in [-0.25, -0.2) is 14.8 Å². The number of ether oxygens (including phenoxy) is 1. The Morgan fingerprint density at radius 2 is 1.71 bits per heavy atom. The number of aromatic amines is 1. The molecule has 3 aliphatic rings. The van der Waals surface area contributed by atoms with Gasteiger partial charge >= 0.3 is 6.09 Å². The third-order valence-corrected chi connectivity index (χ3v) is 8.24. The van der Waals surface area contributed by atoms with Crippen molar-refractivity contribution in [1.82, 2.24) is 30.0 Å². The van der Waals surface area contributed by atoms with Gasteiger partial charge in [0.05, 0.1) is 6.20 Å². The first-order valence-corrected chi connectivity index (χ1v) is 13.6. The van der Waals surface area contributed by atoms with Crippen LogP contribution in [0.15, 0.2) is 30.5 Å². The number of nitrogens with zero attached hydrogens (tertiary/aromatic N) is 7. The molecular weight excluding hydrogens is 484 g/mol. The van der Waals surface area contributed by atoms with E-state index in [-0.39, 0.29) is 12.1 Å². The van der Waals surface area contributed by atoms with Crippen molar-refractivity contribution in [2.24, 2.45) is 0 Å². The molecule has 0 saturated carbocycles. The summed E-state index contributed by atoms with van der Waals surface area (Å²) in [5.41, 5.74) is 4.58. The number of nitrogens with one attached hydrogen (secondary N) is 1. The average Bonchev–Trinajstić information content (AvgIpc) is 3.37. The van der Waals surface area contributed by atoms with Gasteiger partial charge in [-0.2, -0.15) is 5.10 Å². The summed E-state index contributed by atoms with van der Waals surface area (Å²) >= 11 is 0. The lowest BCUT2D eigenvalue weighted by molar-refractivity contribution is 0.0321. The lowest BCUT2D eigenvalue weighted by Gasteiger charge is -2.43. The van der Waals surface area contributed by atoms with Gasteiger partial charge in [0.1, 0.15) is 16.7 Å². The Bertz CT molecular complexity index is 1260. The van der Waals surface area contributed by atoms with Gasteiger partial charge in [-0.1, -0.05) is 12.1 Å². The largest absolute Gasteiger partial charge is 0.465 e. The fourth-order valence-electron chi connectivity index (χ4n) is 6.23. The Hall–Kier alpha value is -3.44. The zero-order chi connectivity index (χ0) is 26.2. The van der Waals surface area contributed by atoms with Crippen LogP contribution in [0.1, 0.15) is 26.7 Å². The molecule has 1 aromatic carbocycles. The Morgan fingerprint density at radius 1 is 1.03 bits per heavy atom. The first-order chi connectivity index (χ1) is 18.5. The third-order valence-electron chi connectivity index (χ3n) is 8.24. The molecule has 6 rings (SSSR count). The maximum Gasteiger partial charge on any atom is 0.407 e. The number of carbonyl (C=O) groups is 1. The number of hydrogen-bond acceptors (Lipinski definition) is 8. The number of H-pyrrole nitrogens is 1. The van der Waals surface area contributed by atoms with Gasteiger partial charge < -0.3 is 24.5 Å². The molecule has 202 valence electrons. The molecule has 11 heteroatoms. The summed E-state index contributed by atoms with van der Waals surface area (Å²) in [5, 5.41) is 17.1. The van der Waals surface area contributed by atoms with E-state index in [2.05, 4.69) is 54.1 Å². The van der Waals surface area contributed by atoms with E-state index in [1.54, 1.807) is 6.20 Å². The molecule has 1 amide bonds. The normalized spacial score (nSPS) is 23.8. The summed E-state index contributed by atoms with van der Waals surface area (Å²) in [5.74, 6) is 0.601. The maximum absolute atomic E-state index is 11.5. The number of aromatic nitrogens is 4. The number of carboxylic acid groups (broad SMARTS) is 1. The predicted molar refractivity (Wildman–Crippen MR) is 146 cm³/mol. The van der Waals surface area contributed by atoms with E-state index in [1.807, 2.05) is 13.8 Å². The van der Waals surface area contributed by atoms with Gasteiger partial charge in [-0.05, 0) is 38.8 Å². The molecule has 0 bridgehead atoms. The number of benzene rings is 1. The number of hydrogen-bond donors (Lipinski definition) is 2. The van der Waals surface area contributed by atoms with E-state index >= 15 is 0 Å². The van der Waals surface area contributed by atoms with Crippen molar-refractivity contribution < 1.29 is 14.6 Å². The molecule has 5 heterocycles. The Morgan fingerprint density at radius 3 is 2.37 bits per heavy atom. The smallest absolute Gasteiger partial charge is 0.407 e. The van der Waals surface area contributed by atoms with Crippen molar-refractivity contribution in [2.45, 2.75) is 44.8 Å². The summed E-state index contributed by atoms with van der Waals surface area (Å²) in [7, 11) is 0. The molecule has 0 radical (unpaired) electrons. The summed E-state index contributed by atoms with van der Waals surface area (Å²) in [6.45, 7) is 10.9. The maximum atomic E-state index is 11.5. The van der Waals surface area contributed by atoms with Crippen LogP contribution in [0.2, 0.25) is 0 Å². The molecule has 2 aromatic heterocycles. The minimum atomic E-state index is -0.888. The third kappa shape index (κ3) is 4.76. The minimum Gasteiger partial charge on any atom is -0.465 e. The van der Waals surface area contributed by atoms with Crippen molar-refractivity contribution in [2.75, 3.05) is 62.3 Å². The summed E-state index contributed by atoms with van der Waals surface area (Å²) in [6.07, 6.45) is 3.17. The SMILES string of the molecule is C[C@@H]1CN(C(=O)O)C[C@H](C)N1c1ncc2[nH]nc(-c3ccc(N4CCN(C5CCOCC5)CC4)cc3)c2n1. The lowest BCUT2D eigenvalue weighted by atomic mass is 10.1. The molecule has 2 N–H and O–H groups in total. The highest BCUT2D eigenvalue weighted by atomic mass is 16.5. The van der Waals surface area contributed by atoms with Crippen molar-refractivity contribution in [3.05, 3.63) is 30.5 Å². The van der Waals surface area contributed by atoms with Gasteiger partial charge in [0, 0.05) is 81.9 Å². The summed E-state index contributed by atoms with van der Waals surface area (Å²) in [6, 6.07) is 9.19. The standard InChI is InChI=1S/C27H36N8O3/c1-18-16-34(27(36)37)17-19(2)35(18)26-28-15-23-25(29-26)24(31-30-23)20-3-5-21(6-4-20)32-9-11-33(12-10-32)22-7-13-38-14-8-22/h3-6,15,18-19,22H,7-14,16-17H2,1-2H3,(H,30,31)(H,36,37)/t18-,19+. The lowest BCUT2D eigenvalue weighted by Crippen LogP contribution is -2.58. The van der Waals surface area contributed by atoms with Gasteiger partial charge in [-0.15, -0.1) is 0 Å². The number of piperazine rings is 2. The zero-order valence-electron chi connectivity index (χ0n) is 22.1. The number of anilines is 2. The number of amides is 1. The molecule has 2 atom stereocenters. The van der Waals surface area contributed by atoms with Crippen LogP contribution in [0.5, 0.6) is 0 Å². The Balaban J connectivity index is 1.17. The van der Waals surface area contributed by atoms with Crippen LogP contribution in [0.25, 0.3) is 22.3 Å². The van der Waals surface area contributed by atoms with E-state index in [9.17, 15) is 9.90 Å². The van der Waals surface area contributed by atoms with E-state index in [1.165, 1.54) is 10.6 Å². The van der Waals surface area contributed by atoms with Crippen LogP contribution in [0.4, 0.5) is 16.4 Å². The predicted octanol–water partition coefficient (Wildman–Crippen LogP) is 2.90. The van der Waals surface area contributed by atoms with Gasteiger partial charge in [0.15, 0.2) is 0 Å². The van der Waals surface area contributed by atoms with Crippen LogP contribution in [-0.2, 0) is 4.74 Å². The fourth-order valence-corrected chi connectivity index (χ4v) is 6.23. The van der Waals surface area contributed by atoms with E-state index in [0.29, 0.717) is 25.1 Å². The van der Waals surface area contributed by atoms with E-state index < -0.39 is 6.09 Å². The van der Waals surface area contributed by atoms with Crippen LogP contribution in [-0.4, -0.2) is 112 Å². The second-order valence-electron chi connectivity index (χ2n) is 10.7. The Labute approximate surface area is 222 Å². The highest BCUT2D eigenvalue weighted by Gasteiger charge is 2.33. The van der Waals surface area contributed by atoms with Crippen LogP contribution >= 0.6 is 0 Å². The first-order valence-electron chi connectivity index (χ1n) is 13.6. The molecule has 38 heavy (non-hydrogen) atoms. The molecule has 3 fully saturated rings. The molecule has 11 nitrogen and oxygen atoms in total. The molecule has 3 saturated heterocycles. The first kappa shape index (κ1) is 24.9. The molecule has 3 aromatic rings. The van der Waals surface area contributed by atoms with Gasteiger partial charge in [0.2, 0.25) is 5.95 Å². The second kappa shape index (κ2) is 10.4. The van der Waals surface area contributed by atoms with Gasteiger partial charge in [0.25, 0.3) is 0 Å². The van der Waals surface area contributed by atoms with Crippen molar-refractivity contribution in [3.63, 3.8) is 0 Å². The molecule has 0 unspecified atom stereocenters. The summed E-state index contributed by atoms with van der Waals surface area (Å²) in [4.78, 5) is 29.6. The zero-order valence-corrected chi connectivity index (χ0v) is 22.1. The summed E-state index contributed by atoms with van der Waals surface area (Å²) < 4.78 is 5.53. The van der Waals surface area contributed by atoms with E-state index in [4.69, 9.17) is 9.72 Å². The quantitative estimate of drug-likeness (QED) is 0.536. The highest BCUT2D eigenvalue weighted by molar-refractivity contribution is 5.90.